The molecule has 0 fully saturated rings. The van der Waals surface area contributed by atoms with Gasteiger partial charge in [0.05, 0.1) is 25.1 Å². The third-order valence-electron chi connectivity index (χ3n) is 16.4. The number of carbonyl (C=O) groups excluding carboxylic acids is 2. The first-order valence-electron chi connectivity index (χ1n) is 35.4. The number of para-hydroxylation sites is 1. The quantitative estimate of drug-likeness (QED) is 0.0429. The van der Waals surface area contributed by atoms with Gasteiger partial charge in [0.2, 0.25) is 0 Å². The maximum absolute atomic E-state index is 10.0. The number of fused-ring (bicyclic) bond motifs is 3. The van der Waals surface area contributed by atoms with Crippen molar-refractivity contribution < 1.29 is 101 Å². The van der Waals surface area contributed by atoms with E-state index in [0.717, 1.165) is 89.6 Å². The minimum absolute atomic E-state index is 0. The molecule has 0 saturated heterocycles. The van der Waals surface area contributed by atoms with Crippen LogP contribution < -0.4 is 5.19 Å². The smallest absolute Gasteiger partial charge is 0.155 e. The Morgan fingerprint density at radius 3 is 1.54 bits per heavy atom. The Hall–Kier alpha value is -10.3. The van der Waals surface area contributed by atoms with Crippen molar-refractivity contribution in [3.05, 3.63) is 386 Å². The molecular formula is C98H86Ir3N5O4PtSi-7. The molecule has 15 aromatic rings. The van der Waals surface area contributed by atoms with Gasteiger partial charge in [-0.05, 0) is 109 Å². The van der Waals surface area contributed by atoms with Crippen molar-refractivity contribution in [1.29, 1.82) is 0 Å². The summed E-state index contributed by atoms with van der Waals surface area (Å²) in [5.41, 5.74) is 20.1. The van der Waals surface area contributed by atoms with Gasteiger partial charge >= 0.3 is 0 Å². The molecule has 4 aromatic heterocycles. The third kappa shape index (κ3) is 29.4. The van der Waals surface area contributed by atoms with E-state index in [0.29, 0.717) is 0 Å². The van der Waals surface area contributed by atoms with Gasteiger partial charge in [-0.1, -0.05) is 166 Å². The Morgan fingerprint density at radius 1 is 0.420 bits per heavy atom. The van der Waals surface area contributed by atoms with E-state index in [1.807, 2.05) is 195 Å². The Labute approximate surface area is 716 Å². The van der Waals surface area contributed by atoms with Crippen molar-refractivity contribution in [1.82, 2.24) is 19.9 Å². The van der Waals surface area contributed by atoms with E-state index < -0.39 is 8.07 Å². The maximum Gasteiger partial charge on any atom is 0.155 e. The van der Waals surface area contributed by atoms with E-state index in [-0.39, 0.29) is 104 Å². The molecule has 112 heavy (non-hydrogen) atoms. The SMILES string of the molecule is CC(=O)C=C(C)O.CC(=O)C=C(C)O.Cc1[c-]c(-c2ccc3cc([Si](C)(C)C)ccc3n2)cc(C)c1.Cc1cc[c-]c(-c2ncc3ccccc3c2C)c1.[Ir].[Ir].[Ir].[Pt].[c-]1ccccc1-c1[c-]c(C=Nc2ccccc2-c2[c-]cccc2)ccc1.[c-]1ccccc1-c1cc2ccccc2cn1.[c-]1ccccc1-c1ccccn1. The molecule has 0 spiro atoms. The molecule has 0 unspecified atom stereocenters. The summed E-state index contributed by atoms with van der Waals surface area (Å²) in [6, 6.07) is 115. The van der Waals surface area contributed by atoms with Crippen molar-refractivity contribution in [2.24, 2.45) is 4.99 Å². The first-order chi connectivity index (χ1) is 52.1. The van der Waals surface area contributed by atoms with Crippen LogP contribution in [-0.2, 0) is 91.0 Å². The molecule has 0 bridgehead atoms. The second kappa shape index (κ2) is 47.2. The Morgan fingerprint density at radius 2 is 0.964 bits per heavy atom. The number of carbonyl (C=O) groups is 2. The number of hydrogen-bond donors (Lipinski definition) is 2. The van der Waals surface area contributed by atoms with Gasteiger partial charge in [0.1, 0.15) is 0 Å². The molecular weight excluding hydrogens is 2110 g/mol. The maximum atomic E-state index is 10.0. The molecule has 11 aromatic carbocycles. The minimum atomic E-state index is -1.28. The normalized spacial score (nSPS) is 10.6. The van der Waals surface area contributed by atoms with E-state index >= 15 is 0 Å². The van der Waals surface area contributed by atoms with E-state index in [1.165, 1.54) is 88.7 Å². The molecule has 0 aliphatic heterocycles. The van der Waals surface area contributed by atoms with Gasteiger partial charge in [-0.2, -0.15) is 42.0 Å². The molecule has 2 N–H and O–H groups in total. The van der Waals surface area contributed by atoms with Crippen LogP contribution in [0.1, 0.15) is 55.5 Å². The number of aryl methyl sites for hydroxylation is 4. The summed E-state index contributed by atoms with van der Waals surface area (Å²) in [4.78, 5) is 42.8. The Balaban J connectivity index is 0.000000241. The van der Waals surface area contributed by atoms with Crippen LogP contribution in [0.25, 0.3) is 99.7 Å². The monoisotopic (exact) mass is 2200 g/mol. The number of ketones is 2. The van der Waals surface area contributed by atoms with Crippen LogP contribution in [0.2, 0.25) is 19.6 Å². The first-order valence-corrected chi connectivity index (χ1v) is 38.9. The Bertz CT molecular complexity index is 5460. The van der Waals surface area contributed by atoms with Crippen LogP contribution in [-0.4, -0.2) is 56.0 Å². The fourth-order valence-electron chi connectivity index (χ4n) is 11.3. The van der Waals surface area contributed by atoms with Crippen LogP contribution in [0.5, 0.6) is 0 Å². The molecule has 3 radical (unpaired) electrons. The van der Waals surface area contributed by atoms with Gasteiger partial charge in [-0.3, -0.25) is 14.6 Å². The molecule has 14 heteroatoms. The van der Waals surface area contributed by atoms with Gasteiger partial charge in [0, 0.05) is 118 Å². The van der Waals surface area contributed by atoms with E-state index in [4.69, 9.17) is 20.2 Å². The molecule has 4 heterocycles. The standard InChI is InChI=1S/C25H16N.C20H22NSi.C17H14N.C15H10N.C11H8N.2C5H8O2.3Ir.Pt/c1-3-11-21(12-4-1)23-15-9-10-20(18-23)19-26-25-17-8-7-16-24(25)22-13-5-2-6-14-22;1-14-10-15(2)12-17(11-14)20-8-6-16-13-18(22(3,4)5)7-9-19(16)21-20;1-12-6-5-8-14(10-12)17-13(2)16-9-4-3-7-15(16)11-18-17;1-2-6-12(7-3-1)15-10-13-8-4-5-9-14(13)11-16-15;1-2-6-10(7-3-1)11-8-4-5-9-12-11;2*1-4(6)3-5(2)7;;;;/h1-11,13,15-17,19H;6-11,13H,1-5H3;3-7,9-11H,1-2H3;1-6,8-11H;1-6,8-9H;2*3,6H,1-2H3;;;;/q-3;4*-1;;;;;;. The minimum Gasteiger partial charge on any atom is -0.512 e. The molecule has 0 aliphatic carbocycles. The first kappa shape index (κ1) is 92.3. The summed E-state index contributed by atoms with van der Waals surface area (Å²) >= 11 is 0. The van der Waals surface area contributed by atoms with Gasteiger partial charge in [-0.15, -0.1) is 202 Å². The summed E-state index contributed by atoms with van der Waals surface area (Å²) in [7, 11) is -1.28. The second-order valence-corrected chi connectivity index (χ2v) is 31.6. The summed E-state index contributed by atoms with van der Waals surface area (Å²) in [6.07, 6.45) is 9.82. The number of rotatable bonds is 11. The van der Waals surface area contributed by atoms with Gasteiger partial charge < -0.3 is 30.2 Å². The predicted molar refractivity (Wildman–Crippen MR) is 450 cm³/mol. The van der Waals surface area contributed by atoms with Crippen molar-refractivity contribution in [2.75, 3.05) is 0 Å². The average molecular weight is 2200 g/mol. The zero-order valence-corrected chi connectivity index (χ0v) is 74.7. The van der Waals surface area contributed by atoms with Gasteiger partial charge in [0.25, 0.3) is 0 Å². The van der Waals surface area contributed by atoms with Crippen molar-refractivity contribution in [3.63, 3.8) is 0 Å². The zero-order valence-electron chi connectivity index (χ0n) is 64.2. The fourth-order valence-corrected chi connectivity index (χ4v) is 12.5. The predicted octanol–water partition coefficient (Wildman–Crippen LogP) is 23.7. The number of aromatic nitrogens is 4. The zero-order chi connectivity index (χ0) is 76.8. The number of pyridine rings is 4. The number of allylic oxidation sites excluding steroid dienone is 4. The van der Waals surface area contributed by atoms with Crippen LogP contribution in [0.3, 0.4) is 0 Å². The van der Waals surface area contributed by atoms with Gasteiger partial charge in [-0.25, -0.2) is 5.56 Å². The largest absolute Gasteiger partial charge is 0.512 e. The van der Waals surface area contributed by atoms with E-state index in [9.17, 15) is 9.59 Å². The third-order valence-corrected chi connectivity index (χ3v) is 18.4. The number of benzene rings is 11. The number of aliphatic imine (C=N–C) groups is 1. The molecule has 15 rings (SSSR count). The van der Waals surface area contributed by atoms with Gasteiger partial charge in [0.15, 0.2) is 11.6 Å². The summed E-state index contributed by atoms with van der Waals surface area (Å²) in [6.45, 7) is 21.2. The number of aliphatic hydroxyl groups excluding tert-OH is 2. The van der Waals surface area contributed by atoms with Crippen LogP contribution in [0.15, 0.2) is 320 Å². The van der Waals surface area contributed by atoms with Crippen molar-refractivity contribution >= 4 is 69.2 Å². The summed E-state index contributed by atoms with van der Waals surface area (Å²) in [5, 5.41) is 24.3. The number of hydrogen-bond acceptors (Lipinski definition) is 9. The average Bonchev–Trinajstić information content (AvgIpc) is 0.802. The molecule has 0 saturated carbocycles. The number of aliphatic hydroxyl groups is 2. The van der Waals surface area contributed by atoms with Crippen molar-refractivity contribution in [3.8, 4) is 67.3 Å². The van der Waals surface area contributed by atoms with Crippen LogP contribution in [0, 0.1) is 70.2 Å². The van der Waals surface area contributed by atoms with Crippen LogP contribution in [0.4, 0.5) is 5.69 Å². The second-order valence-electron chi connectivity index (χ2n) is 26.5. The van der Waals surface area contributed by atoms with Crippen molar-refractivity contribution in [2.45, 2.75) is 75.0 Å². The van der Waals surface area contributed by atoms with E-state index in [2.05, 4.69) is 202 Å². The topological polar surface area (TPSA) is 139 Å². The number of nitrogens with zero attached hydrogens (tertiary/aromatic N) is 5. The molecule has 0 atom stereocenters. The molecule has 0 aliphatic rings. The summed E-state index contributed by atoms with van der Waals surface area (Å²) < 4.78 is 0. The fraction of sp³-hybridized carbons (Fsp3) is 0.112. The molecule has 0 amide bonds. The van der Waals surface area contributed by atoms with E-state index in [1.54, 1.807) is 6.20 Å². The van der Waals surface area contributed by atoms with Crippen LogP contribution >= 0.6 is 0 Å². The molecule has 575 valence electrons. The Kier molecular flexibility index (Phi) is 38.9. The summed E-state index contributed by atoms with van der Waals surface area (Å²) in [5.74, 6) is -0.125. The molecule has 9 nitrogen and oxygen atoms in total.